The molecule has 4 rings (SSSR count). The Balaban J connectivity index is 1.57. The van der Waals surface area contributed by atoms with E-state index in [9.17, 15) is 22.8 Å². The molecule has 1 saturated heterocycles. The lowest BCUT2D eigenvalue weighted by Gasteiger charge is -2.27. The molecule has 0 radical (unpaired) electrons. The van der Waals surface area contributed by atoms with Crippen molar-refractivity contribution in [2.75, 3.05) is 18.8 Å². The van der Waals surface area contributed by atoms with Crippen molar-refractivity contribution in [1.82, 2.24) is 15.2 Å². The Bertz CT molecular complexity index is 975. The van der Waals surface area contributed by atoms with Gasteiger partial charge in [-0.15, -0.1) is 0 Å². The zero-order valence-electron chi connectivity index (χ0n) is 15.5. The van der Waals surface area contributed by atoms with Gasteiger partial charge in [-0.3, -0.25) is 9.59 Å². The Morgan fingerprint density at radius 3 is 2.83 bits per heavy atom. The summed E-state index contributed by atoms with van der Waals surface area (Å²) in [6.45, 7) is 2.15. The van der Waals surface area contributed by atoms with Gasteiger partial charge in [-0.1, -0.05) is 41.2 Å². The van der Waals surface area contributed by atoms with Crippen molar-refractivity contribution in [1.29, 1.82) is 0 Å². The molecule has 1 saturated carbocycles. The van der Waals surface area contributed by atoms with Crippen molar-refractivity contribution in [2.45, 2.75) is 25.6 Å². The number of carbonyl (C=O) groups excluding carboxylic acids is 2. The number of alkyl halides is 3. The van der Waals surface area contributed by atoms with E-state index in [-0.39, 0.29) is 35.1 Å². The number of nitrogens with two attached hydrogens (primary N) is 1. The first-order valence-corrected chi connectivity index (χ1v) is 9.96. The molecule has 2 fully saturated rings. The minimum absolute atomic E-state index is 0.103. The van der Waals surface area contributed by atoms with Crippen LogP contribution in [0.4, 0.5) is 18.3 Å². The highest BCUT2D eigenvalue weighted by atomic mass is 32.1. The maximum atomic E-state index is 13.2. The number of nitrogens with one attached hydrogen (secondary N) is 1. The van der Waals surface area contributed by atoms with Crippen LogP contribution in [0.3, 0.4) is 0 Å². The van der Waals surface area contributed by atoms with Gasteiger partial charge in [-0.25, -0.2) is 4.98 Å². The number of piperidine rings is 1. The predicted molar refractivity (Wildman–Crippen MR) is 102 cm³/mol. The number of aromatic nitrogens is 1. The smallest absolute Gasteiger partial charge is 0.375 e. The Kier molecular flexibility index (Phi) is 4.76. The van der Waals surface area contributed by atoms with Gasteiger partial charge in [0, 0.05) is 13.1 Å². The molecule has 1 aliphatic heterocycles. The van der Waals surface area contributed by atoms with E-state index < -0.39 is 18.1 Å². The number of hydrogen-bond donors (Lipinski definition) is 2. The summed E-state index contributed by atoms with van der Waals surface area (Å²) in [6, 6.07) is 7.11. The van der Waals surface area contributed by atoms with Gasteiger partial charge in [0.05, 0.1) is 10.9 Å². The number of fused-ring (bicyclic) bond motifs is 1. The fourth-order valence-corrected chi connectivity index (χ4v) is 4.78. The minimum atomic E-state index is -4.95. The van der Waals surface area contributed by atoms with Crippen molar-refractivity contribution in [3.8, 4) is 10.4 Å². The molecule has 29 heavy (non-hydrogen) atoms. The quantitative estimate of drug-likeness (QED) is 0.790. The molecule has 6 nitrogen and oxygen atoms in total. The Hall–Kier alpha value is -2.62. The molecule has 1 aromatic carbocycles. The molecular formula is C19H19F3N4O2S. The number of nitrogen functional groups attached to an aromatic ring is 1. The van der Waals surface area contributed by atoms with Gasteiger partial charge in [0.2, 0.25) is 0 Å². The topological polar surface area (TPSA) is 88.3 Å². The standard InChI is InChI=1S/C19H19F3N4O2S/c1-9-3-2-4-10(5-9)15-14(25-18(23)29-15)16(27)26-8-11-6-12(11)13(26)7-24-17(28)19(20,21)22/h2-5,11-13H,6-8H2,1H3,(H2,23,25)(H,24,28). The zero-order chi connectivity index (χ0) is 20.9. The first-order chi connectivity index (χ1) is 13.6. The van der Waals surface area contributed by atoms with E-state index >= 15 is 0 Å². The summed E-state index contributed by atoms with van der Waals surface area (Å²) in [6.07, 6.45) is -4.10. The first kappa shape index (κ1) is 19.7. The number of carbonyl (C=O) groups is 2. The molecule has 10 heteroatoms. The van der Waals surface area contributed by atoms with Crippen molar-refractivity contribution < 1.29 is 22.8 Å². The third-order valence-corrected chi connectivity index (χ3v) is 6.35. The number of rotatable bonds is 4. The van der Waals surface area contributed by atoms with Crippen LogP contribution in [0, 0.1) is 18.8 Å². The molecule has 1 aromatic heterocycles. The lowest BCUT2D eigenvalue weighted by Crippen LogP contribution is -2.48. The van der Waals surface area contributed by atoms with Crippen LogP contribution in [0.25, 0.3) is 10.4 Å². The maximum Gasteiger partial charge on any atom is 0.471 e. The van der Waals surface area contributed by atoms with Gasteiger partial charge in [0.15, 0.2) is 5.13 Å². The molecular weight excluding hydrogens is 405 g/mol. The summed E-state index contributed by atoms with van der Waals surface area (Å²) in [7, 11) is 0. The molecule has 0 bridgehead atoms. The second-order valence-corrected chi connectivity index (χ2v) is 8.52. The first-order valence-electron chi connectivity index (χ1n) is 9.14. The highest BCUT2D eigenvalue weighted by Crippen LogP contribution is 2.50. The van der Waals surface area contributed by atoms with Crippen molar-refractivity contribution >= 4 is 28.3 Å². The van der Waals surface area contributed by atoms with E-state index in [1.807, 2.05) is 36.5 Å². The zero-order valence-corrected chi connectivity index (χ0v) is 16.3. The van der Waals surface area contributed by atoms with Crippen LogP contribution in [-0.2, 0) is 4.79 Å². The van der Waals surface area contributed by atoms with Crippen LogP contribution in [-0.4, -0.2) is 47.0 Å². The number of anilines is 1. The summed E-state index contributed by atoms with van der Waals surface area (Å²) < 4.78 is 37.5. The number of amides is 2. The van der Waals surface area contributed by atoms with Crippen LogP contribution in [0.1, 0.15) is 22.5 Å². The van der Waals surface area contributed by atoms with Gasteiger partial charge in [0.25, 0.3) is 5.91 Å². The molecule has 1 aliphatic carbocycles. The molecule has 2 amide bonds. The largest absolute Gasteiger partial charge is 0.471 e. The highest BCUT2D eigenvalue weighted by Gasteiger charge is 2.54. The lowest BCUT2D eigenvalue weighted by atomic mass is 10.1. The van der Waals surface area contributed by atoms with E-state index in [2.05, 4.69) is 4.98 Å². The second kappa shape index (κ2) is 7.01. The van der Waals surface area contributed by atoms with Gasteiger partial charge < -0.3 is 16.0 Å². The van der Waals surface area contributed by atoms with E-state index in [0.717, 1.165) is 17.5 Å². The van der Waals surface area contributed by atoms with E-state index in [4.69, 9.17) is 5.73 Å². The summed E-state index contributed by atoms with van der Waals surface area (Å²) in [4.78, 5) is 30.8. The number of thiazole rings is 1. The van der Waals surface area contributed by atoms with Crippen LogP contribution in [0.5, 0.6) is 0 Å². The Labute approximate surface area is 168 Å². The molecule has 154 valence electrons. The highest BCUT2D eigenvalue weighted by molar-refractivity contribution is 7.19. The van der Waals surface area contributed by atoms with Crippen molar-refractivity contribution in [3.63, 3.8) is 0 Å². The Morgan fingerprint density at radius 2 is 2.14 bits per heavy atom. The fraction of sp³-hybridized carbons (Fsp3) is 0.421. The minimum Gasteiger partial charge on any atom is -0.375 e. The molecule has 3 atom stereocenters. The Morgan fingerprint density at radius 1 is 1.38 bits per heavy atom. The predicted octanol–water partition coefficient (Wildman–Crippen LogP) is 2.84. The normalized spacial score (nSPS) is 23.0. The van der Waals surface area contributed by atoms with Crippen LogP contribution < -0.4 is 11.1 Å². The number of halogens is 3. The fourth-order valence-electron chi connectivity index (χ4n) is 3.96. The SMILES string of the molecule is Cc1cccc(-c2sc(N)nc2C(=O)N2CC3CC3C2CNC(=O)C(F)(F)F)c1. The summed E-state index contributed by atoms with van der Waals surface area (Å²) in [5, 5.41) is 2.16. The number of aryl methyl sites for hydroxylation is 1. The van der Waals surface area contributed by atoms with Gasteiger partial charge >= 0.3 is 12.1 Å². The van der Waals surface area contributed by atoms with E-state index in [1.165, 1.54) is 16.2 Å². The van der Waals surface area contributed by atoms with Crippen LogP contribution in [0.15, 0.2) is 24.3 Å². The van der Waals surface area contributed by atoms with Gasteiger partial charge in [-0.2, -0.15) is 13.2 Å². The third kappa shape index (κ3) is 3.81. The van der Waals surface area contributed by atoms with E-state index in [0.29, 0.717) is 11.4 Å². The molecule has 3 N–H and O–H groups in total. The van der Waals surface area contributed by atoms with Crippen LogP contribution >= 0.6 is 11.3 Å². The molecule has 2 aromatic rings. The molecule has 3 unspecified atom stereocenters. The molecule has 2 aliphatic rings. The number of hydrogen-bond acceptors (Lipinski definition) is 5. The van der Waals surface area contributed by atoms with Crippen molar-refractivity contribution in [2.24, 2.45) is 11.8 Å². The van der Waals surface area contributed by atoms with Gasteiger partial charge in [0.1, 0.15) is 5.69 Å². The number of benzene rings is 1. The number of likely N-dealkylation sites (tertiary alicyclic amines) is 1. The summed E-state index contributed by atoms with van der Waals surface area (Å²) >= 11 is 1.20. The summed E-state index contributed by atoms with van der Waals surface area (Å²) in [5.41, 5.74) is 7.89. The monoisotopic (exact) mass is 424 g/mol. The molecule has 2 heterocycles. The third-order valence-electron chi connectivity index (χ3n) is 5.42. The van der Waals surface area contributed by atoms with Crippen LogP contribution in [0.2, 0.25) is 0 Å². The average Bonchev–Trinajstić information content (AvgIpc) is 3.16. The van der Waals surface area contributed by atoms with E-state index in [1.54, 1.807) is 0 Å². The lowest BCUT2D eigenvalue weighted by molar-refractivity contribution is -0.173. The maximum absolute atomic E-state index is 13.2. The van der Waals surface area contributed by atoms with Gasteiger partial charge in [-0.05, 0) is 30.7 Å². The second-order valence-electron chi connectivity index (χ2n) is 7.49. The number of nitrogens with zero attached hydrogens (tertiary/aromatic N) is 2. The van der Waals surface area contributed by atoms with Crippen molar-refractivity contribution in [3.05, 3.63) is 35.5 Å². The average molecular weight is 424 g/mol. The summed E-state index contributed by atoms with van der Waals surface area (Å²) in [5.74, 6) is -2.00. The molecule has 0 spiro atoms.